The van der Waals surface area contributed by atoms with Gasteiger partial charge in [0.15, 0.2) is 0 Å². The lowest BCUT2D eigenvalue weighted by molar-refractivity contribution is -0.130. The van der Waals surface area contributed by atoms with Crippen LogP contribution in [0.25, 0.3) is 12.2 Å². The average Bonchev–Trinajstić information content (AvgIpc) is 2.79. The van der Waals surface area contributed by atoms with Gasteiger partial charge >= 0.3 is 0 Å². The average molecular weight is 405 g/mol. The van der Waals surface area contributed by atoms with Gasteiger partial charge in [-0.2, -0.15) is 0 Å². The molecule has 0 aliphatic carbocycles. The molecular weight excluding hydrogens is 372 g/mol. The van der Waals surface area contributed by atoms with Crippen LogP contribution in [0.4, 0.5) is 11.4 Å². The number of carbonyl (C=O) groups excluding carboxylic acids is 2. The van der Waals surface area contributed by atoms with Gasteiger partial charge in [-0.25, -0.2) is 0 Å². The van der Waals surface area contributed by atoms with Gasteiger partial charge in [0.1, 0.15) is 0 Å². The molecule has 0 N–H and O–H groups in total. The molecule has 158 valence electrons. The van der Waals surface area contributed by atoms with Crippen molar-refractivity contribution in [2.75, 3.05) is 36.0 Å². The molecule has 0 amide bonds. The summed E-state index contributed by atoms with van der Waals surface area (Å²) in [7, 11) is 0. The third kappa shape index (κ3) is 6.45. The van der Waals surface area contributed by atoms with Gasteiger partial charge in [-0.15, -0.1) is 0 Å². The first-order chi connectivity index (χ1) is 14.5. The SMILES string of the molecule is CCN(CC)c1ccc(/C=C/C(=O)C(=O)/C=C/c2ccc(N(CC)CC)cc2)cc1. The number of nitrogens with zero attached hydrogens (tertiary/aromatic N) is 2. The predicted molar refractivity (Wildman–Crippen MR) is 128 cm³/mol. The Morgan fingerprint density at radius 3 is 1.17 bits per heavy atom. The Morgan fingerprint density at radius 1 is 0.600 bits per heavy atom. The molecule has 0 aromatic heterocycles. The molecule has 0 saturated carbocycles. The van der Waals surface area contributed by atoms with E-state index in [0.717, 1.165) is 48.7 Å². The first kappa shape index (κ1) is 23.1. The number of rotatable bonds is 11. The van der Waals surface area contributed by atoms with E-state index in [0.29, 0.717) is 0 Å². The van der Waals surface area contributed by atoms with Gasteiger partial charge in [0.2, 0.25) is 11.6 Å². The van der Waals surface area contributed by atoms with Crippen LogP contribution in [0, 0.1) is 0 Å². The molecule has 0 unspecified atom stereocenters. The van der Waals surface area contributed by atoms with E-state index in [1.807, 2.05) is 48.5 Å². The molecule has 0 atom stereocenters. The summed E-state index contributed by atoms with van der Waals surface area (Å²) in [6.45, 7) is 12.3. The number of benzene rings is 2. The number of carbonyl (C=O) groups is 2. The van der Waals surface area contributed by atoms with Crippen molar-refractivity contribution in [3.63, 3.8) is 0 Å². The zero-order valence-electron chi connectivity index (χ0n) is 18.5. The van der Waals surface area contributed by atoms with Crippen LogP contribution >= 0.6 is 0 Å². The Balaban J connectivity index is 1.96. The lowest BCUT2D eigenvalue weighted by atomic mass is 10.1. The summed E-state index contributed by atoms with van der Waals surface area (Å²) in [6, 6.07) is 15.9. The summed E-state index contributed by atoms with van der Waals surface area (Å²) >= 11 is 0. The fourth-order valence-corrected chi connectivity index (χ4v) is 3.28. The van der Waals surface area contributed by atoms with Crippen molar-refractivity contribution in [1.82, 2.24) is 0 Å². The van der Waals surface area contributed by atoms with Crippen molar-refractivity contribution in [2.24, 2.45) is 0 Å². The van der Waals surface area contributed by atoms with Crippen LogP contribution in [-0.4, -0.2) is 37.7 Å². The van der Waals surface area contributed by atoms with Crippen molar-refractivity contribution in [2.45, 2.75) is 27.7 Å². The molecule has 0 saturated heterocycles. The lowest BCUT2D eigenvalue weighted by Crippen LogP contribution is -2.21. The largest absolute Gasteiger partial charge is 0.372 e. The molecule has 2 aromatic carbocycles. The molecule has 0 radical (unpaired) electrons. The highest BCUT2D eigenvalue weighted by Gasteiger charge is 2.07. The molecule has 4 nitrogen and oxygen atoms in total. The van der Waals surface area contributed by atoms with Crippen LogP contribution in [0.2, 0.25) is 0 Å². The molecule has 0 heterocycles. The summed E-state index contributed by atoms with van der Waals surface area (Å²) in [6.07, 6.45) is 6.03. The van der Waals surface area contributed by atoms with Crippen LogP contribution in [0.5, 0.6) is 0 Å². The summed E-state index contributed by atoms with van der Waals surface area (Å²) in [5.74, 6) is -1.06. The molecule has 4 heteroatoms. The van der Waals surface area contributed by atoms with Crippen molar-refractivity contribution >= 4 is 35.1 Å². The second-order valence-electron chi connectivity index (χ2n) is 6.92. The molecule has 2 aromatic rings. The summed E-state index contributed by atoms with van der Waals surface area (Å²) in [5, 5.41) is 0. The molecular formula is C26H32N2O2. The van der Waals surface area contributed by atoms with E-state index in [-0.39, 0.29) is 0 Å². The van der Waals surface area contributed by atoms with Crippen LogP contribution in [0.1, 0.15) is 38.8 Å². The van der Waals surface area contributed by atoms with Gasteiger partial charge in [-0.05, 0) is 75.2 Å². The van der Waals surface area contributed by atoms with E-state index >= 15 is 0 Å². The maximum absolute atomic E-state index is 12.1. The standard InChI is InChI=1S/C26H32N2O2/c1-5-27(6-2)23-15-9-21(10-16-23)13-19-25(29)26(30)20-14-22-11-17-24(18-12-22)28(7-3)8-4/h9-20H,5-8H2,1-4H3/b19-13+,20-14+. The Morgan fingerprint density at radius 2 is 0.900 bits per heavy atom. The maximum atomic E-state index is 12.1. The minimum absolute atomic E-state index is 0.529. The third-order valence-electron chi connectivity index (χ3n) is 5.14. The van der Waals surface area contributed by atoms with Crippen LogP contribution in [0.3, 0.4) is 0 Å². The fraction of sp³-hybridized carbons (Fsp3) is 0.308. The number of anilines is 2. The summed E-state index contributed by atoms with van der Waals surface area (Å²) < 4.78 is 0. The molecule has 0 spiro atoms. The van der Waals surface area contributed by atoms with Crippen molar-refractivity contribution in [1.29, 1.82) is 0 Å². The molecule has 0 fully saturated rings. The molecule has 0 aliphatic rings. The first-order valence-corrected chi connectivity index (χ1v) is 10.7. The highest BCUT2D eigenvalue weighted by molar-refractivity contribution is 6.46. The number of hydrogen-bond acceptors (Lipinski definition) is 4. The van der Waals surface area contributed by atoms with Crippen molar-refractivity contribution in [3.8, 4) is 0 Å². The highest BCUT2D eigenvalue weighted by Crippen LogP contribution is 2.17. The van der Waals surface area contributed by atoms with Gasteiger partial charge in [0.25, 0.3) is 0 Å². The highest BCUT2D eigenvalue weighted by atomic mass is 16.2. The Labute approximate surface area is 180 Å². The van der Waals surface area contributed by atoms with Crippen LogP contribution in [-0.2, 0) is 9.59 Å². The maximum Gasteiger partial charge on any atom is 0.225 e. The van der Waals surface area contributed by atoms with Gasteiger partial charge < -0.3 is 9.80 Å². The van der Waals surface area contributed by atoms with E-state index < -0.39 is 11.6 Å². The van der Waals surface area contributed by atoms with Gasteiger partial charge in [-0.1, -0.05) is 36.4 Å². The fourth-order valence-electron chi connectivity index (χ4n) is 3.28. The number of hydrogen-bond donors (Lipinski definition) is 0. The molecule has 0 bridgehead atoms. The molecule has 0 aliphatic heterocycles. The Kier molecular flexibility index (Phi) is 9.07. The van der Waals surface area contributed by atoms with Gasteiger partial charge in [0.05, 0.1) is 0 Å². The summed E-state index contributed by atoms with van der Waals surface area (Å²) in [4.78, 5) is 28.8. The predicted octanol–water partition coefficient (Wildman–Crippen LogP) is 5.24. The lowest BCUT2D eigenvalue weighted by Gasteiger charge is -2.20. The van der Waals surface area contributed by atoms with E-state index in [1.165, 1.54) is 12.2 Å². The minimum atomic E-state index is -0.529. The monoisotopic (exact) mass is 404 g/mol. The van der Waals surface area contributed by atoms with E-state index in [9.17, 15) is 9.59 Å². The minimum Gasteiger partial charge on any atom is -0.372 e. The quantitative estimate of drug-likeness (QED) is 0.379. The van der Waals surface area contributed by atoms with Crippen molar-refractivity contribution < 1.29 is 9.59 Å². The first-order valence-electron chi connectivity index (χ1n) is 10.7. The topological polar surface area (TPSA) is 40.6 Å². The zero-order chi connectivity index (χ0) is 21.9. The van der Waals surface area contributed by atoms with Gasteiger partial charge in [0, 0.05) is 37.6 Å². The second kappa shape index (κ2) is 11.8. The van der Waals surface area contributed by atoms with E-state index in [2.05, 4.69) is 37.5 Å². The zero-order valence-corrected chi connectivity index (χ0v) is 18.5. The normalized spacial score (nSPS) is 11.2. The van der Waals surface area contributed by atoms with E-state index in [1.54, 1.807) is 12.2 Å². The third-order valence-corrected chi connectivity index (χ3v) is 5.14. The summed E-state index contributed by atoms with van der Waals surface area (Å²) in [5.41, 5.74) is 4.08. The van der Waals surface area contributed by atoms with Crippen LogP contribution in [0.15, 0.2) is 60.7 Å². The number of ketones is 2. The smallest absolute Gasteiger partial charge is 0.225 e. The second-order valence-corrected chi connectivity index (χ2v) is 6.92. The molecule has 2 rings (SSSR count). The number of allylic oxidation sites excluding steroid dienone is 2. The van der Waals surface area contributed by atoms with Gasteiger partial charge in [-0.3, -0.25) is 9.59 Å². The Hall–Kier alpha value is -3.14. The Bertz CT molecular complexity index is 797. The van der Waals surface area contributed by atoms with Crippen molar-refractivity contribution in [3.05, 3.63) is 71.8 Å². The molecule has 30 heavy (non-hydrogen) atoms. The van der Waals surface area contributed by atoms with E-state index in [4.69, 9.17) is 0 Å². The van der Waals surface area contributed by atoms with Crippen LogP contribution < -0.4 is 9.80 Å².